The van der Waals surface area contributed by atoms with Gasteiger partial charge in [-0.2, -0.15) is 0 Å². The number of nitrogens with zero attached hydrogens (tertiary/aromatic N) is 2. The molecule has 3 heterocycles. The highest BCUT2D eigenvalue weighted by Crippen LogP contribution is 2.55. The fourth-order valence-electron chi connectivity index (χ4n) is 7.24. The van der Waals surface area contributed by atoms with Gasteiger partial charge in [-0.15, -0.1) is 0 Å². The summed E-state index contributed by atoms with van der Waals surface area (Å²) in [4.78, 5) is 13.7. The van der Waals surface area contributed by atoms with Crippen molar-refractivity contribution in [2.75, 3.05) is 39.0 Å². The molecule has 5 atom stereocenters. The Labute approximate surface area is 245 Å². The highest BCUT2D eigenvalue weighted by molar-refractivity contribution is 7.90. The van der Waals surface area contributed by atoms with E-state index in [0.29, 0.717) is 37.5 Å². The van der Waals surface area contributed by atoms with Gasteiger partial charge in [-0.3, -0.25) is 4.79 Å². The second kappa shape index (κ2) is 11.3. The second-order valence-corrected chi connectivity index (χ2v) is 16.7. The molecule has 11 heteroatoms. The smallest absolute Gasteiger partial charge is 0.314 e. The molecule has 0 spiro atoms. The fraction of sp³-hybridized carbons (Fsp3) is 0.700. The lowest BCUT2D eigenvalue weighted by Crippen LogP contribution is -2.44. The van der Waals surface area contributed by atoms with Crippen molar-refractivity contribution >= 4 is 26.0 Å². The minimum atomic E-state index is -3.93. The Kier molecular flexibility index (Phi) is 8.39. The van der Waals surface area contributed by atoms with Gasteiger partial charge in [-0.1, -0.05) is 37.6 Å². The SMILES string of the molecule is COC(=O)[C@H]1C2=C(CCS(=O)(=O)N3CCCC3)OC3(C)C=CC(C(C)C)=CC(C(C)=C[C@@H]1S(=O)(=O)N1CCCC1)C23. The van der Waals surface area contributed by atoms with Crippen molar-refractivity contribution < 1.29 is 31.1 Å². The van der Waals surface area contributed by atoms with Gasteiger partial charge in [0.25, 0.3) is 0 Å². The monoisotopic (exact) mass is 608 g/mol. The first-order chi connectivity index (χ1) is 19.3. The molecule has 2 saturated heterocycles. The van der Waals surface area contributed by atoms with Crippen LogP contribution >= 0.6 is 0 Å². The average molecular weight is 609 g/mol. The summed E-state index contributed by atoms with van der Waals surface area (Å²) < 4.78 is 69.8. The predicted molar refractivity (Wildman–Crippen MR) is 158 cm³/mol. The summed E-state index contributed by atoms with van der Waals surface area (Å²) in [6.45, 7) is 9.96. The standard InChI is InChI=1S/C30H44N2O7S2/c1-20(2)22-10-12-30(4)28-23(19-22)21(3)18-25(41(36,37)32-15-8-9-16-32)27(29(33)38-5)26(28)24(39-30)11-17-40(34,35)31-13-6-7-14-31/h10,12,18-20,23,25,27-28H,6-9,11,13-17H2,1-5H3/t23?,25-,27+,28?,30?/m0/s1. The molecule has 5 rings (SSSR count). The van der Waals surface area contributed by atoms with Gasteiger partial charge >= 0.3 is 5.97 Å². The van der Waals surface area contributed by atoms with Crippen molar-refractivity contribution in [3.05, 3.63) is 46.8 Å². The van der Waals surface area contributed by atoms with Crippen molar-refractivity contribution in [1.29, 1.82) is 0 Å². The van der Waals surface area contributed by atoms with E-state index in [1.807, 2.05) is 19.9 Å². The van der Waals surface area contributed by atoms with Gasteiger partial charge in [0.2, 0.25) is 20.0 Å². The van der Waals surface area contributed by atoms with Gasteiger partial charge in [-0.25, -0.2) is 25.4 Å². The first-order valence-electron chi connectivity index (χ1n) is 14.9. The zero-order valence-corrected chi connectivity index (χ0v) is 26.5. The average Bonchev–Trinajstić information content (AvgIpc) is 3.66. The molecule has 0 aromatic rings. The van der Waals surface area contributed by atoms with Crippen LogP contribution in [0.25, 0.3) is 0 Å². The first-order valence-corrected chi connectivity index (χ1v) is 18.0. The van der Waals surface area contributed by atoms with E-state index in [1.165, 1.54) is 15.7 Å². The summed E-state index contributed by atoms with van der Waals surface area (Å²) in [5.41, 5.74) is 1.63. The summed E-state index contributed by atoms with van der Waals surface area (Å²) in [6, 6.07) is 0. The molecule has 0 bridgehead atoms. The summed E-state index contributed by atoms with van der Waals surface area (Å²) in [5, 5.41) is -1.18. The summed E-state index contributed by atoms with van der Waals surface area (Å²) in [7, 11) is -6.19. The maximum absolute atomic E-state index is 14.2. The van der Waals surface area contributed by atoms with Crippen molar-refractivity contribution in [3.63, 3.8) is 0 Å². The zero-order chi connectivity index (χ0) is 29.7. The normalized spacial score (nSPS) is 32.8. The lowest BCUT2D eigenvalue weighted by Gasteiger charge is -2.34. The molecule has 5 aliphatic rings. The van der Waals surface area contributed by atoms with Crippen LogP contribution in [0.3, 0.4) is 0 Å². The van der Waals surface area contributed by atoms with Crippen LogP contribution in [0, 0.1) is 23.7 Å². The fourth-order valence-corrected chi connectivity index (χ4v) is 10.9. The molecule has 0 aromatic carbocycles. The Morgan fingerprint density at radius 3 is 2.24 bits per heavy atom. The van der Waals surface area contributed by atoms with Crippen molar-refractivity contribution in [2.45, 2.75) is 70.7 Å². The lowest BCUT2D eigenvalue weighted by atomic mass is 9.71. The van der Waals surface area contributed by atoms with Crippen LogP contribution in [0.1, 0.15) is 59.8 Å². The van der Waals surface area contributed by atoms with Crippen molar-refractivity contribution in [1.82, 2.24) is 8.61 Å². The molecule has 0 aromatic heterocycles. The molecule has 0 N–H and O–H groups in total. The molecule has 0 saturated carbocycles. The van der Waals surface area contributed by atoms with Gasteiger partial charge < -0.3 is 9.47 Å². The number of sulfonamides is 2. The second-order valence-electron chi connectivity index (χ2n) is 12.5. The van der Waals surface area contributed by atoms with E-state index in [4.69, 9.17) is 9.47 Å². The third kappa shape index (κ3) is 5.47. The van der Waals surface area contributed by atoms with E-state index < -0.39 is 48.7 Å². The van der Waals surface area contributed by atoms with Gasteiger partial charge in [0.05, 0.1) is 18.6 Å². The molecular formula is C30H44N2O7S2. The van der Waals surface area contributed by atoms with E-state index in [2.05, 4.69) is 26.0 Å². The maximum atomic E-state index is 14.2. The number of rotatable bonds is 8. The Hall–Kier alpha value is -1.95. The molecular weight excluding hydrogens is 564 g/mol. The zero-order valence-electron chi connectivity index (χ0n) is 24.8. The summed E-state index contributed by atoms with van der Waals surface area (Å²) in [5.74, 6) is -1.96. The van der Waals surface area contributed by atoms with Crippen LogP contribution in [-0.2, 0) is 34.3 Å². The molecule has 0 radical (unpaired) electrons. The lowest BCUT2D eigenvalue weighted by molar-refractivity contribution is -0.144. The highest BCUT2D eigenvalue weighted by Gasteiger charge is 2.57. The molecule has 3 aliphatic heterocycles. The number of hydrogen-bond donors (Lipinski definition) is 0. The molecule has 0 amide bonds. The van der Waals surface area contributed by atoms with Crippen LogP contribution in [0.5, 0.6) is 0 Å². The molecule has 3 unspecified atom stereocenters. The largest absolute Gasteiger partial charge is 0.487 e. The Morgan fingerprint density at radius 1 is 1.05 bits per heavy atom. The molecule has 2 aliphatic carbocycles. The summed E-state index contributed by atoms with van der Waals surface area (Å²) >= 11 is 0. The van der Waals surface area contributed by atoms with E-state index in [-0.39, 0.29) is 24.0 Å². The Bertz CT molecular complexity index is 1400. The minimum absolute atomic E-state index is 0.0601. The van der Waals surface area contributed by atoms with Crippen molar-refractivity contribution in [3.8, 4) is 0 Å². The number of hydrogen-bond acceptors (Lipinski definition) is 7. The molecule has 9 nitrogen and oxygen atoms in total. The third-order valence-corrected chi connectivity index (χ3v) is 13.6. The number of carbonyl (C=O) groups is 1. The maximum Gasteiger partial charge on any atom is 0.314 e. The van der Waals surface area contributed by atoms with Gasteiger partial charge in [-0.05, 0) is 62.7 Å². The van der Waals surface area contributed by atoms with Crippen LogP contribution in [0.4, 0.5) is 0 Å². The van der Waals surface area contributed by atoms with Crippen LogP contribution in [-0.4, -0.2) is 81.3 Å². The Morgan fingerprint density at radius 2 is 1.66 bits per heavy atom. The highest BCUT2D eigenvalue weighted by atomic mass is 32.2. The van der Waals surface area contributed by atoms with E-state index in [1.54, 1.807) is 6.08 Å². The number of esters is 1. The number of allylic oxidation sites excluding steroid dienone is 5. The van der Waals surface area contributed by atoms with E-state index in [9.17, 15) is 21.6 Å². The predicted octanol–water partition coefficient (Wildman–Crippen LogP) is 3.77. The number of ether oxygens (including phenoxy) is 2. The molecule has 228 valence electrons. The van der Waals surface area contributed by atoms with Gasteiger partial charge in [0, 0.05) is 44.4 Å². The molecule has 41 heavy (non-hydrogen) atoms. The van der Waals surface area contributed by atoms with E-state index >= 15 is 0 Å². The van der Waals surface area contributed by atoms with Gasteiger partial charge in [0.1, 0.15) is 16.8 Å². The minimum Gasteiger partial charge on any atom is -0.487 e. The topological polar surface area (TPSA) is 110 Å². The van der Waals surface area contributed by atoms with Crippen LogP contribution in [0.15, 0.2) is 46.8 Å². The van der Waals surface area contributed by atoms with E-state index in [0.717, 1.165) is 36.8 Å². The molecule has 2 fully saturated rings. The quantitative estimate of drug-likeness (QED) is 0.305. The summed E-state index contributed by atoms with van der Waals surface area (Å²) in [6.07, 6.45) is 11.3. The number of carbonyl (C=O) groups excluding carboxylic acids is 1. The van der Waals surface area contributed by atoms with Crippen molar-refractivity contribution in [2.24, 2.45) is 23.7 Å². The van der Waals surface area contributed by atoms with Crippen LogP contribution in [0.2, 0.25) is 0 Å². The first kappa shape index (κ1) is 30.5. The Balaban J connectivity index is 1.69. The number of methoxy groups -OCH3 is 1. The third-order valence-electron chi connectivity index (χ3n) is 9.51. The van der Waals surface area contributed by atoms with Gasteiger partial charge in [0.15, 0.2) is 0 Å². The van der Waals surface area contributed by atoms with Crippen LogP contribution < -0.4 is 0 Å².